The van der Waals surface area contributed by atoms with Crippen LogP contribution in [0.3, 0.4) is 0 Å². The molecule has 0 unspecified atom stereocenters. The van der Waals surface area contributed by atoms with E-state index >= 15 is 0 Å². The van der Waals surface area contributed by atoms with E-state index in [1.165, 1.54) is 62.9 Å². The number of nitrogens with zero attached hydrogens (tertiary/aromatic N) is 3. The zero-order valence-corrected chi connectivity index (χ0v) is 17.8. The van der Waals surface area contributed by atoms with Gasteiger partial charge in [0.2, 0.25) is 0 Å². The fourth-order valence-corrected chi connectivity index (χ4v) is 5.18. The molecule has 0 aromatic carbocycles. The van der Waals surface area contributed by atoms with Gasteiger partial charge in [0.15, 0.2) is 0 Å². The molecular weight excluding hydrogens is 381 g/mol. The Bertz CT molecular complexity index is 640. The Morgan fingerprint density at radius 2 is 1.78 bits per heavy atom. The van der Waals surface area contributed by atoms with Gasteiger partial charge in [-0.2, -0.15) is 0 Å². The van der Waals surface area contributed by atoms with E-state index in [-0.39, 0.29) is 24.8 Å². The third-order valence-corrected chi connectivity index (χ3v) is 6.79. The molecule has 4 aliphatic rings. The molecule has 1 aromatic rings. The normalized spacial score (nSPS) is 23.6. The molecule has 0 atom stereocenters. The van der Waals surface area contributed by atoms with Crippen LogP contribution in [0.4, 0.5) is 5.82 Å². The molecule has 5 rings (SSSR count). The molecule has 152 valence electrons. The van der Waals surface area contributed by atoms with Crippen LogP contribution in [-0.2, 0) is 19.3 Å². The van der Waals surface area contributed by atoms with Crippen molar-refractivity contribution in [3.05, 3.63) is 17.1 Å². The molecule has 0 amide bonds. The summed E-state index contributed by atoms with van der Waals surface area (Å²) in [7, 11) is 0. The van der Waals surface area contributed by atoms with Gasteiger partial charge >= 0.3 is 0 Å². The maximum atomic E-state index is 5.01. The second-order valence-corrected chi connectivity index (χ2v) is 8.58. The Morgan fingerprint density at radius 3 is 2.52 bits per heavy atom. The largest absolute Gasteiger partial charge is 0.368 e. The summed E-state index contributed by atoms with van der Waals surface area (Å²) in [5.41, 5.74) is 3.08. The lowest BCUT2D eigenvalue weighted by atomic mass is 9.94. The first kappa shape index (κ1) is 21.1. The lowest BCUT2D eigenvalue weighted by Gasteiger charge is -2.32. The maximum Gasteiger partial charge on any atom is 0.133 e. The van der Waals surface area contributed by atoms with Crippen molar-refractivity contribution in [2.24, 2.45) is 5.92 Å². The topological polar surface area (TPSA) is 53.1 Å². The first-order valence-electron chi connectivity index (χ1n) is 10.4. The highest BCUT2D eigenvalue weighted by Crippen LogP contribution is 2.39. The molecule has 2 saturated heterocycles. The van der Waals surface area contributed by atoms with Crippen LogP contribution in [0.1, 0.15) is 55.6 Å². The van der Waals surface area contributed by atoms with Gasteiger partial charge in [-0.25, -0.2) is 9.97 Å². The van der Waals surface area contributed by atoms with Gasteiger partial charge in [-0.05, 0) is 70.5 Å². The summed E-state index contributed by atoms with van der Waals surface area (Å²) in [6.07, 6.45) is 11.3. The Hall–Kier alpha value is -0.620. The fraction of sp³-hybridized carbons (Fsp3) is 0.800. The van der Waals surface area contributed by atoms with Gasteiger partial charge in [-0.3, -0.25) is 4.90 Å². The summed E-state index contributed by atoms with van der Waals surface area (Å²) in [4.78, 5) is 12.7. The van der Waals surface area contributed by atoms with E-state index in [1.807, 2.05) is 0 Å². The zero-order valence-electron chi connectivity index (χ0n) is 16.1. The standard InChI is InChI=1S/C20H31N5.2ClH/c1-7-20(8-2-12-25(20)11-1)14-22-19-16-5-9-21-10-6-17(16)23-18(24-19)13-15-3-4-15;;/h15,21H,1-14H2,(H,22,23,24);2*1H. The van der Waals surface area contributed by atoms with Crippen molar-refractivity contribution >= 4 is 30.6 Å². The molecule has 1 saturated carbocycles. The molecule has 5 nitrogen and oxygen atoms in total. The first-order chi connectivity index (χ1) is 12.3. The molecule has 27 heavy (non-hydrogen) atoms. The van der Waals surface area contributed by atoms with Gasteiger partial charge < -0.3 is 10.6 Å². The minimum absolute atomic E-state index is 0. The fourth-order valence-electron chi connectivity index (χ4n) is 5.18. The van der Waals surface area contributed by atoms with Gasteiger partial charge in [0.25, 0.3) is 0 Å². The zero-order chi connectivity index (χ0) is 16.7. The number of aromatic nitrogens is 2. The van der Waals surface area contributed by atoms with Crippen LogP contribution in [-0.4, -0.2) is 53.1 Å². The maximum absolute atomic E-state index is 5.01. The molecule has 0 bridgehead atoms. The van der Waals surface area contributed by atoms with Gasteiger partial charge in [0.05, 0.1) is 5.69 Å². The number of anilines is 1. The average Bonchev–Trinajstić information content (AvgIpc) is 3.26. The summed E-state index contributed by atoms with van der Waals surface area (Å²) in [5, 5.41) is 7.34. The van der Waals surface area contributed by atoms with Crippen LogP contribution in [0, 0.1) is 5.92 Å². The Morgan fingerprint density at radius 1 is 1.04 bits per heavy atom. The molecule has 1 aromatic heterocycles. The molecule has 0 spiro atoms. The summed E-state index contributed by atoms with van der Waals surface area (Å²) < 4.78 is 0. The Labute approximate surface area is 175 Å². The van der Waals surface area contributed by atoms with Crippen molar-refractivity contribution in [3.8, 4) is 0 Å². The van der Waals surface area contributed by atoms with Gasteiger partial charge in [-0.15, -0.1) is 24.8 Å². The summed E-state index contributed by atoms with van der Waals surface area (Å²) in [5.74, 6) is 3.07. The van der Waals surface area contributed by atoms with Crippen molar-refractivity contribution in [3.63, 3.8) is 0 Å². The monoisotopic (exact) mass is 413 g/mol. The highest BCUT2D eigenvalue weighted by Gasteiger charge is 2.44. The van der Waals surface area contributed by atoms with E-state index < -0.39 is 0 Å². The minimum atomic E-state index is 0. The van der Waals surface area contributed by atoms with Crippen LogP contribution in [0.5, 0.6) is 0 Å². The van der Waals surface area contributed by atoms with Crippen LogP contribution in [0.25, 0.3) is 0 Å². The number of fused-ring (bicyclic) bond motifs is 2. The van der Waals surface area contributed by atoms with Gasteiger partial charge in [0.1, 0.15) is 11.6 Å². The molecule has 4 heterocycles. The third-order valence-electron chi connectivity index (χ3n) is 6.79. The van der Waals surface area contributed by atoms with Crippen molar-refractivity contribution < 1.29 is 0 Å². The first-order valence-corrected chi connectivity index (χ1v) is 10.4. The van der Waals surface area contributed by atoms with Crippen LogP contribution < -0.4 is 10.6 Å². The lowest BCUT2D eigenvalue weighted by Crippen LogP contribution is -2.44. The second-order valence-electron chi connectivity index (χ2n) is 8.58. The lowest BCUT2D eigenvalue weighted by molar-refractivity contribution is 0.209. The van der Waals surface area contributed by atoms with E-state index in [2.05, 4.69) is 15.5 Å². The molecular formula is C20H33Cl2N5. The number of hydrogen-bond donors (Lipinski definition) is 2. The SMILES string of the molecule is C1CN2CCCC2(CNc2nc(CC3CC3)nc3c2CCNCC3)C1.Cl.Cl. The van der Waals surface area contributed by atoms with Crippen molar-refractivity contribution in [2.45, 2.75) is 63.3 Å². The number of rotatable bonds is 5. The molecule has 2 N–H and O–H groups in total. The number of nitrogens with one attached hydrogen (secondary N) is 2. The van der Waals surface area contributed by atoms with E-state index in [1.54, 1.807) is 0 Å². The average molecular weight is 414 g/mol. The minimum Gasteiger partial charge on any atom is -0.368 e. The predicted octanol–water partition coefficient (Wildman–Crippen LogP) is 3.00. The van der Waals surface area contributed by atoms with Crippen LogP contribution in [0.15, 0.2) is 0 Å². The van der Waals surface area contributed by atoms with E-state index in [9.17, 15) is 0 Å². The Balaban J connectivity index is 0.00000105. The van der Waals surface area contributed by atoms with E-state index in [0.717, 1.165) is 56.5 Å². The van der Waals surface area contributed by atoms with Crippen LogP contribution in [0.2, 0.25) is 0 Å². The Kier molecular flexibility index (Phi) is 6.88. The van der Waals surface area contributed by atoms with E-state index in [4.69, 9.17) is 9.97 Å². The second kappa shape index (κ2) is 8.81. The third kappa shape index (κ3) is 4.36. The molecule has 3 aliphatic heterocycles. The quantitative estimate of drug-likeness (QED) is 0.776. The summed E-state index contributed by atoms with van der Waals surface area (Å²) >= 11 is 0. The molecule has 7 heteroatoms. The summed E-state index contributed by atoms with van der Waals surface area (Å²) in [6.45, 7) is 5.74. The van der Waals surface area contributed by atoms with Gasteiger partial charge in [-0.1, -0.05) is 0 Å². The smallest absolute Gasteiger partial charge is 0.133 e. The summed E-state index contributed by atoms with van der Waals surface area (Å²) in [6, 6.07) is 0. The predicted molar refractivity (Wildman–Crippen MR) is 114 cm³/mol. The van der Waals surface area contributed by atoms with Crippen molar-refractivity contribution in [1.29, 1.82) is 0 Å². The molecule has 3 fully saturated rings. The number of halogens is 2. The van der Waals surface area contributed by atoms with Crippen molar-refractivity contribution in [2.75, 3.05) is 38.0 Å². The number of hydrogen-bond acceptors (Lipinski definition) is 5. The molecule has 0 radical (unpaired) electrons. The van der Waals surface area contributed by atoms with Crippen molar-refractivity contribution in [1.82, 2.24) is 20.2 Å². The van der Waals surface area contributed by atoms with E-state index in [0.29, 0.717) is 5.54 Å². The van der Waals surface area contributed by atoms with Gasteiger partial charge in [0, 0.05) is 37.0 Å². The highest BCUT2D eigenvalue weighted by molar-refractivity contribution is 5.85. The highest BCUT2D eigenvalue weighted by atomic mass is 35.5. The molecule has 1 aliphatic carbocycles. The van der Waals surface area contributed by atoms with Crippen LogP contribution >= 0.6 is 24.8 Å².